The monoisotopic (exact) mass is 371 g/mol. The van der Waals surface area contributed by atoms with Crippen LogP contribution < -0.4 is 15.6 Å². The number of ether oxygens (including phenoxy) is 1. The van der Waals surface area contributed by atoms with Gasteiger partial charge in [0.25, 0.3) is 11.5 Å². The SMILES string of the molecule is CCCn1nc(C(=O)Nc2ccc(OC)c(Cl)c2)c2ccccc2c1=O. The Hall–Kier alpha value is -2.86. The number of methoxy groups -OCH3 is 1. The number of aryl methyl sites for hydroxylation is 1. The summed E-state index contributed by atoms with van der Waals surface area (Å²) in [5.41, 5.74) is 0.506. The van der Waals surface area contributed by atoms with Crippen LogP contribution in [0.1, 0.15) is 23.8 Å². The molecule has 0 saturated heterocycles. The van der Waals surface area contributed by atoms with Gasteiger partial charge in [0.15, 0.2) is 5.69 Å². The molecule has 134 valence electrons. The van der Waals surface area contributed by atoms with Crippen LogP contribution in [-0.4, -0.2) is 22.8 Å². The van der Waals surface area contributed by atoms with Crippen molar-refractivity contribution < 1.29 is 9.53 Å². The summed E-state index contributed by atoms with van der Waals surface area (Å²) in [6.07, 6.45) is 0.737. The fourth-order valence-corrected chi connectivity index (χ4v) is 2.96. The maximum absolute atomic E-state index is 12.8. The summed E-state index contributed by atoms with van der Waals surface area (Å²) in [7, 11) is 1.52. The van der Waals surface area contributed by atoms with Crippen LogP contribution in [0.15, 0.2) is 47.3 Å². The molecule has 1 aromatic heterocycles. The van der Waals surface area contributed by atoms with Gasteiger partial charge in [-0.25, -0.2) is 4.68 Å². The topological polar surface area (TPSA) is 73.2 Å². The molecule has 0 bridgehead atoms. The van der Waals surface area contributed by atoms with Gasteiger partial charge >= 0.3 is 0 Å². The molecular weight excluding hydrogens is 354 g/mol. The second kappa shape index (κ2) is 7.58. The highest BCUT2D eigenvalue weighted by atomic mass is 35.5. The van der Waals surface area contributed by atoms with Crippen LogP contribution in [0.2, 0.25) is 5.02 Å². The predicted molar refractivity (Wildman–Crippen MR) is 102 cm³/mol. The van der Waals surface area contributed by atoms with Gasteiger partial charge in [-0.05, 0) is 30.7 Å². The van der Waals surface area contributed by atoms with Gasteiger partial charge in [0.2, 0.25) is 0 Å². The molecule has 26 heavy (non-hydrogen) atoms. The number of halogens is 1. The smallest absolute Gasteiger partial charge is 0.276 e. The fourth-order valence-electron chi connectivity index (χ4n) is 2.70. The first-order chi connectivity index (χ1) is 12.5. The Kier molecular flexibility index (Phi) is 5.23. The molecule has 0 fully saturated rings. The maximum Gasteiger partial charge on any atom is 0.276 e. The molecule has 3 rings (SSSR count). The minimum Gasteiger partial charge on any atom is -0.495 e. The molecule has 1 heterocycles. The molecule has 0 aliphatic heterocycles. The minimum atomic E-state index is -0.410. The zero-order valence-corrected chi connectivity index (χ0v) is 15.2. The van der Waals surface area contributed by atoms with E-state index in [2.05, 4.69) is 10.4 Å². The summed E-state index contributed by atoms with van der Waals surface area (Å²) in [6, 6.07) is 11.9. The van der Waals surface area contributed by atoms with Crippen LogP contribution in [0.4, 0.5) is 5.69 Å². The van der Waals surface area contributed by atoms with Gasteiger partial charge in [0.05, 0.1) is 17.5 Å². The van der Waals surface area contributed by atoms with Crippen LogP contribution in [0.25, 0.3) is 10.8 Å². The number of nitrogens with one attached hydrogen (secondary N) is 1. The summed E-state index contributed by atoms with van der Waals surface area (Å²) < 4.78 is 6.44. The van der Waals surface area contributed by atoms with Gasteiger partial charge in [-0.2, -0.15) is 5.10 Å². The Morgan fingerprint density at radius 2 is 1.96 bits per heavy atom. The van der Waals surface area contributed by atoms with Crippen LogP contribution in [0.3, 0.4) is 0 Å². The Morgan fingerprint density at radius 1 is 1.23 bits per heavy atom. The molecule has 1 N–H and O–H groups in total. The summed E-state index contributed by atoms with van der Waals surface area (Å²) in [5, 5.41) is 8.42. The third kappa shape index (κ3) is 3.41. The van der Waals surface area contributed by atoms with Crippen LogP contribution in [-0.2, 0) is 6.54 Å². The molecule has 0 aliphatic rings. The normalized spacial score (nSPS) is 10.7. The van der Waals surface area contributed by atoms with E-state index in [0.717, 1.165) is 6.42 Å². The number of amides is 1. The lowest BCUT2D eigenvalue weighted by Gasteiger charge is -2.11. The molecule has 0 spiro atoms. The van der Waals surface area contributed by atoms with Crippen molar-refractivity contribution in [2.24, 2.45) is 0 Å². The molecule has 6 nitrogen and oxygen atoms in total. The summed E-state index contributed by atoms with van der Waals surface area (Å²) in [5.74, 6) is 0.108. The number of nitrogens with zero attached hydrogens (tertiary/aromatic N) is 2. The number of anilines is 1. The van der Waals surface area contributed by atoms with Gasteiger partial charge in [-0.15, -0.1) is 0 Å². The van der Waals surface area contributed by atoms with Gasteiger partial charge in [-0.1, -0.05) is 36.7 Å². The lowest BCUT2D eigenvalue weighted by atomic mass is 10.1. The molecule has 0 unspecified atom stereocenters. The number of carbonyl (C=O) groups excluding carboxylic acids is 1. The van der Waals surface area contributed by atoms with Crippen molar-refractivity contribution in [1.29, 1.82) is 0 Å². The van der Waals surface area contributed by atoms with Gasteiger partial charge in [-0.3, -0.25) is 9.59 Å². The number of benzene rings is 2. The van der Waals surface area contributed by atoms with Gasteiger partial charge in [0, 0.05) is 17.6 Å². The highest BCUT2D eigenvalue weighted by Crippen LogP contribution is 2.27. The third-order valence-electron chi connectivity index (χ3n) is 3.93. The molecule has 2 aromatic carbocycles. The number of fused-ring (bicyclic) bond motifs is 1. The number of hydrogen-bond acceptors (Lipinski definition) is 4. The molecule has 0 saturated carbocycles. The second-order valence-corrected chi connectivity index (χ2v) is 6.13. The molecule has 0 atom stereocenters. The lowest BCUT2D eigenvalue weighted by molar-refractivity contribution is 0.102. The summed E-state index contributed by atoms with van der Waals surface area (Å²) in [6.45, 7) is 2.39. The van der Waals surface area contributed by atoms with Crippen LogP contribution >= 0.6 is 11.6 Å². The number of hydrogen-bond donors (Lipinski definition) is 1. The van der Waals surface area contributed by atoms with Crippen molar-refractivity contribution in [1.82, 2.24) is 9.78 Å². The average molecular weight is 372 g/mol. The predicted octanol–water partition coefficient (Wildman–Crippen LogP) is 3.72. The molecular formula is C19H18ClN3O3. The van der Waals surface area contributed by atoms with E-state index in [4.69, 9.17) is 16.3 Å². The van der Waals surface area contributed by atoms with Crippen molar-refractivity contribution >= 4 is 34.0 Å². The zero-order chi connectivity index (χ0) is 18.7. The highest BCUT2D eigenvalue weighted by Gasteiger charge is 2.17. The summed E-state index contributed by atoms with van der Waals surface area (Å²) >= 11 is 6.10. The Bertz CT molecular complexity index is 1030. The van der Waals surface area contributed by atoms with E-state index in [-0.39, 0.29) is 11.3 Å². The number of aromatic nitrogens is 2. The van der Waals surface area contributed by atoms with Crippen molar-refractivity contribution in [3.63, 3.8) is 0 Å². The second-order valence-electron chi connectivity index (χ2n) is 5.73. The first kappa shape index (κ1) is 17.9. The zero-order valence-electron chi connectivity index (χ0n) is 14.5. The fraction of sp³-hybridized carbons (Fsp3) is 0.211. The standard InChI is InChI=1S/C19H18ClN3O3/c1-3-10-23-19(25)14-7-5-4-6-13(14)17(22-23)18(24)21-12-8-9-16(26-2)15(20)11-12/h4-9,11H,3,10H2,1-2H3,(H,21,24). The van der Waals surface area contributed by atoms with E-state index in [0.29, 0.717) is 33.8 Å². The van der Waals surface area contributed by atoms with E-state index < -0.39 is 5.91 Å². The van der Waals surface area contributed by atoms with Crippen LogP contribution in [0, 0.1) is 0 Å². The Morgan fingerprint density at radius 3 is 2.62 bits per heavy atom. The molecule has 3 aromatic rings. The lowest BCUT2D eigenvalue weighted by Crippen LogP contribution is -2.27. The van der Waals surface area contributed by atoms with Crippen molar-refractivity contribution in [3.05, 3.63) is 63.5 Å². The van der Waals surface area contributed by atoms with Crippen LogP contribution in [0.5, 0.6) is 5.75 Å². The highest BCUT2D eigenvalue weighted by molar-refractivity contribution is 6.32. The first-order valence-corrected chi connectivity index (χ1v) is 8.57. The minimum absolute atomic E-state index is 0.195. The Balaban J connectivity index is 2.04. The third-order valence-corrected chi connectivity index (χ3v) is 4.22. The molecule has 0 aliphatic carbocycles. The quantitative estimate of drug-likeness (QED) is 0.741. The molecule has 1 amide bonds. The van der Waals surface area contributed by atoms with E-state index in [1.807, 2.05) is 6.92 Å². The largest absolute Gasteiger partial charge is 0.495 e. The van der Waals surface area contributed by atoms with E-state index >= 15 is 0 Å². The van der Waals surface area contributed by atoms with Gasteiger partial charge in [0.1, 0.15) is 5.75 Å². The molecule has 0 radical (unpaired) electrons. The van der Waals surface area contributed by atoms with Crippen molar-refractivity contribution in [2.45, 2.75) is 19.9 Å². The van der Waals surface area contributed by atoms with E-state index in [1.54, 1.807) is 42.5 Å². The maximum atomic E-state index is 12.8. The van der Waals surface area contributed by atoms with E-state index in [9.17, 15) is 9.59 Å². The van der Waals surface area contributed by atoms with Crippen molar-refractivity contribution in [2.75, 3.05) is 12.4 Å². The summed E-state index contributed by atoms with van der Waals surface area (Å²) in [4.78, 5) is 25.3. The average Bonchev–Trinajstić information content (AvgIpc) is 2.64. The Labute approximate surface area is 155 Å². The number of carbonyl (C=O) groups is 1. The van der Waals surface area contributed by atoms with Crippen molar-refractivity contribution in [3.8, 4) is 5.75 Å². The van der Waals surface area contributed by atoms with Gasteiger partial charge < -0.3 is 10.1 Å². The molecule has 7 heteroatoms. The number of rotatable bonds is 5. The van der Waals surface area contributed by atoms with E-state index in [1.165, 1.54) is 11.8 Å². The first-order valence-electron chi connectivity index (χ1n) is 8.20.